The molecule has 4 aromatic heterocycles. The molecule has 6 nitrogen and oxygen atoms in total. The van der Waals surface area contributed by atoms with Crippen LogP contribution < -0.4 is 0 Å². The van der Waals surface area contributed by atoms with Crippen molar-refractivity contribution < 1.29 is 0 Å². The number of hydrogen-bond donors (Lipinski definition) is 1. The van der Waals surface area contributed by atoms with E-state index in [0.29, 0.717) is 12.1 Å². The summed E-state index contributed by atoms with van der Waals surface area (Å²) in [5, 5.41) is 14.7. The minimum Gasteiger partial charge on any atom is -0.288 e. The Bertz CT molecular complexity index is 1210. The van der Waals surface area contributed by atoms with Gasteiger partial charge in [-0.1, -0.05) is 26.8 Å². The van der Waals surface area contributed by atoms with Gasteiger partial charge in [-0.3, -0.25) is 10.00 Å². The lowest BCUT2D eigenvalue weighted by Gasteiger charge is -2.36. The summed E-state index contributed by atoms with van der Waals surface area (Å²) < 4.78 is 2.12. The zero-order valence-corrected chi connectivity index (χ0v) is 18.4. The second kappa shape index (κ2) is 6.49. The first-order chi connectivity index (χ1) is 14.5. The number of nitrogens with one attached hydrogen (secondary N) is 1. The molecule has 0 radical (unpaired) electrons. The summed E-state index contributed by atoms with van der Waals surface area (Å²) in [5.74, 6) is 0. The lowest BCUT2D eigenvalue weighted by molar-refractivity contribution is 0.165. The van der Waals surface area contributed by atoms with E-state index in [1.807, 2.05) is 6.20 Å². The predicted molar refractivity (Wildman–Crippen MR) is 119 cm³/mol. The van der Waals surface area contributed by atoms with Gasteiger partial charge in [0.1, 0.15) is 0 Å². The van der Waals surface area contributed by atoms with Gasteiger partial charge < -0.3 is 0 Å². The molecule has 1 fully saturated rings. The SMILES string of the molecule is CC(C)(C)c1cc2ncc3c(n2n1)C[C@H]1CC[C@H]3N1Cc1cn[nH]c1-c1cccs1. The fraction of sp³-hybridized carbons (Fsp3) is 0.435. The Labute approximate surface area is 180 Å². The molecule has 4 aromatic rings. The Kier molecular flexibility index (Phi) is 3.95. The van der Waals surface area contributed by atoms with Gasteiger partial charge in [-0.2, -0.15) is 10.2 Å². The highest BCUT2D eigenvalue weighted by molar-refractivity contribution is 7.13. The van der Waals surface area contributed by atoms with Crippen LogP contribution in [0, 0.1) is 0 Å². The number of H-pyrrole nitrogens is 1. The van der Waals surface area contributed by atoms with Crippen LogP contribution >= 0.6 is 11.3 Å². The number of aromatic nitrogens is 5. The van der Waals surface area contributed by atoms with E-state index in [9.17, 15) is 0 Å². The Morgan fingerprint density at radius 1 is 1.23 bits per heavy atom. The fourth-order valence-corrected chi connectivity index (χ4v) is 5.81. The number of rotatable bonds is 3. The summed E-state index contributed by atoms with van der Waals surface area (Å²) in [6.45, 7) is 7.55. The topological polar surface area (TPSA) is 62.1 Å². The smallest absolute Gasteiger partial charge is 0.155 e. The standard InChI is InChI=1S/C23H26N6S/c1-23(2,3)20-10-21-24-12-16-17-7-6-15(9-18(16)29(21)27-20)28(17)13-14-11-25-26-22(14)19-5-4-8-30-19/h4-5,8,10-12,15,17H,6-7,9,13H2,1-3H3,(H,25,26)/t15-,17-/m1/s1. The minimum absolute atomic E-state index is 0.0275. The van der Waals surface area contributed by atoms with Crippen LogP contribution in [0.5, 0.6) is 0 Å². The number of fused-ring (bicyclic) bond motifs is 6. The summed E-state index contributed by atoms with van der Waals surface area (Å²) in [7, 11) is 0. The average Bonchev–Trinajstić information content (AvgIpc) is 3.47. The molecule has 0 aliphatic carbocycles. The van der Waals surface area contributed by atoms with E-state index in [1.54, 1.807) is 11.3 Å². The van der Waals surface area contributed by atoms with Crippen molar-refractivity contribution in [1.82, 2.24) is 29.7 Å². The molecule has 2 atom stereocenters. The third kappa shape index (κ3) is 2.76. The zero-order chi connectivity index (χ0) is 20.5. The third-order valence-electron chi connectivity index (χ3n) is 6.65. The summed E-state index contributed by atoms with van der Waals surface area (Å²) in [4.78, 5) is 8.70. The Balaban J connectivity index is 1.37. The van der Waals surface area contributed by atoms with Gasteiger partial charge >= 0.3 is 0 Å². The quantitative estimate of drug-likeness (QED) is 0.522. The molecule has 7 heteroatoms. The second-order valence-electron chi connectivity index (χ2n) is 9.58. The van der Waals surface area contributed by atoms with Gasteiger partial charge in [-0.15, -0.1) is 11.3 Å². The van der Waals surface area contributed by atoms with Crippen LogP contribution in [-0.2, 0) is 18.4 Å². The van der Waals surface area contributed by atoms with Crippen molar-refractivity contribution in [2.45, 2.75) is 64.1 Å². The highest BCUT2D eigenvalue weighted by atomic mass is 32.1. The van der Waals surface area contributed by atoms with Gasteiger partial charge in [0.25, 0.3) is 0 Å². The molecule has 6 heterocycles. The molecule has 2 bridgehead atoms. The van der Waals surface area contributed by atoms with Gasteiger partial charge in [0.15, 0.2) is 5.65 Å². The van der Waals surface area contributed by atoms with Crippen LogP contribution in [0.25, 0.3) is 16.2 Å². The highest BCUT2D eigenvalue weighted by Gasteiger charge is 2.41. The molecule has 0 saturated carbocycles. The van der Waals surface area contributed by atoms with Crippen LogP contribution in [0.1, 0.15) is 62.2 Å². The molecular formula is C23H26N6S. The van der Waals surface area contributed by atoms with Crippen molar-refractivity contribution in [3.05, 3.63) is 58.5 Å². The number of thiophene rings is 1. The van der Waals surface area contributed by atoms with Gasteiger partial charge in [-0.25, -0.2) is 9.50 Å². The van der Waals surface area contributed by atoms with E-state index in [1.165, 1.54) is 34.5 Å². The first-order valence-electron chi connectivity index (χ1n) is 10.7. The lowest BCUT2D eigenvalue weighted by Crippen LogP contribution is -2.38. The summed E-state index contributed by atoms with van der Waals surface area (Å²) in [6.07, 6.45) is 7.54. The first-order valence-corrected chi connectivity index (χ1v) is 11.6. The van der Waals surface area contributed by atoms with Crippen LogP contribution in [-0.4, -0.2) is 35.7 Å². The molecule has 0 aromatic carbocycles. The van der Waals surface area contributed by atoms with E-state index >= 15 is 0 Å². The van der Waals surface area contributed by atoms with Crippen LogP contribution in [0.2, 0.25) is 0 Å². The van der Waals surface area contributed by atoms with Gasteiger partial charge in [0.05, 0.1) is 28.2 Å². The van der Waals surface area contributed by atoms with Gasteiger partial charge in [0.2, 0.25) is 0 Å². The lowest BCUT2D eigenvalue weighted by atomic mass is 9.93. The first kappa shape index (κ1) is 18.3. The maximum absolute atomic E-state index is 4.96. The molecule has 2 aliphatic heterocycles. The van der Waals surface area contributed by atoms with Gasteiger partial charge in [0, 0.05) is 53.9 Å². The molecule has 1 N–H and O–H groups in total. The second-order valence-corrected chi connectivity index (χ2v) is 10.5. The van der Waals surface area contributed by atoms with Crippen molar-refractivity contribution in [3.63, 3.8) is 0 Å². The summed E-state index contributed by atoms with van der Waals surface area (Å²) in [5.41, 5.74) is 7.25. The Morgan fingerprint density at radius 3 is 2.93 bits per heavy atom. The molecule has 0 spiro atoms. The number of hydrogen-bond acceptors (Lipinski definition) is 5. The third-order valence-corrected chi connectivity index (χ3v) is 7.54. The van der Waals surface area contributed by atoms with Crippen molar-refractivity contribution in [2.24, 2.45) is 0 Å². The Hall–Kier alpha value is -2.51. The Morgan fingerprint density at radius 2 is 2.13 bits per heavy atom. The maximum Gasteiger partial charge on any atom is 0.155 e. The minimum atomic E-state index is 0.0275. The summed E-state index contributed by atoms with van der Waals surface area (Å²) >= 11 is 1.76. The number of nitrogens with zero attached hydrogens (tertiary/aromatic N) is 5. The molecule has 6 rings (SSSR count). The van der Waals surface area contributed by atoms with Crippen molar-refractivity contribution in [1.29, 1.82) is 0 Å². The van der Waals surface area contributed by atoms with Crippen molar-refractivity contribution in [3.8, 4) is 10.6 Å². The predicted octanol–water partition coefficient (Wildman–Crippen LogP) is 4.74. The van der Waals surface area contributed by atoms with E-state index in [-0.39, 0.29) is 5.41 Å². The van der Waals surface area contributed by atoms with E-state index in [4.69, 9.17) is 10.1 Å². The van der Waals surface area contributed by atoms with Crippen molar-refractivity contribution in [2.75, 3.05) is 0 Å². The van der Waals surface area contributed by atoms with Crippen molar-refractivity contribution >= 4 is 17.0 Å². The largest absolute Gasteiger partial charge is 0.288 e. The average molecular weight is 419 g/mol. The molecule has 0 amide bonds. The highest BCUT2D eigenvalue weighted by Crippen LogP contribution is 2.45. The fourth-order valence-electron chi connectivity index (χ4n) is 5.06. The molecule has 2 aliphatic rings. The molecule has 30 heavy (non-hydrogen) atoms. The van der Waals surface area contributed by atoms with Crippen LogP contribution in [0.4, 0.5) is 0 Å². The summed E-state index contributed by atoms with van der Waals surface area (Å²) in [6, 6.07) is 7.35. The molecule has 0 unspecified atom stereocenters. The molecule has 154 valence electrons. The van der Waals surface area contributed by atoms with E-state index in [0.717, 1.165) is 30.0 Å². The maximum atomic E-state index is 4.96. The monoisotopic (exact) mass is 418 g/mol. The van der Waals surface area contributed by atoms with Crippen LogP contribution in [0.3, 0.4) is 0 Å². The number of aromatic amines is 1. The van der Waals surface area contributed by atoms with Crippen LogP contribution in [0.15, 0.2) is 36.0 Å². The molecule has 1 saturated heterocycles. The van der Waals surface area contributed by atoms with Gasteiger partial charge in [-0.05, 0) is 24.3 Å². The normalized spacial score (nSPS) is 21.4. The zero-order valence-electron chi connectivity index (χ0n) is 17.6. The molecular weight excluding hydrogens is 392 g/mol. The van der Waals surface area contributed by atoms with E-state index < -0.39 is 0 Å². The van der Waals surface area contributed by atoms with E-state index in [2.05, 4.69) is 70.2 Å².